The van der Waals surface area contributed by atoms with Crippen molar-refractivity contribution < 1.29 is 39.5 Å². The smallest absolute Gasteiger partial charge is 0.323 e. The van der Waals surface area contributed by atoms with Crippen LogP contribution in [0, 0.1) is 0 Å². The molecule has 2 amide bonds. The van der Waals surface area contributed by atoms with Gasteiger partial charge in [0.1, 0.15) is 34.5 Å². The molecule has 0 atom stereocenters. The summed E-state index contributed by atoms with van der Waals surface area (Å²) in [6.45, 7) is 0. The lowest BCUT2D eigenvalue weighted by Crippen LogP contribution is -2.19. The molecule has 0 bridgehead atoms. The van der Waals surface area contributed by atoms with Crippen LogP contribution < -0.4 is 28.5 Å². The Morgan fingerprint density at radius 2 is 0.952 bits per heavy atom. The molecule has 0 saturated heterocycles. The molecule has 13 heteroatoms. The number of nitrogens with one attached hydrogen (secondary N) is 2. The normalized spacial score (nSPS) is 11.3. The minimum Gasteiger partial charge on any atom is -0.497 e. The van der Waals surface area contributed by atoms with Gasteiger partial charge in [0, 0.05) is 23.5 Å². The number of hydrogen-bond donors (Lipinski definition) is 2. The third kappa shape index (κ3) is 9.14. The monoisotopic (exact) mass is 612 g/mol. The molecule has 0 unspecified atom stereocenters. The van der Waals surface area contributed by atoms with Gasteiger partial charge in [-0.2, -0.15) is 16.8 Å². The number of amides is 2. The number of ether oxygens (including phenoxy) is 2. The molecule has 4 aromatic rings. The first kappa shape index (κ1) is 30.2. The van der Waals surface area contributed by atoms with Crippen molar-refractivity contribution in [1.82, 2.24) is 0 Å². The lowest BCUT2D eigenvalue weighted by molar-refractivity contribution is 0.262. The first-order chi connectivity index (χ1) is 20.0. The van der Waals surface area contributed by atoms with E-state index in [2.05, 4.69) is 10.6 Å². The van der Waals surface area contributed by atoms with Crippen LogP contribution >= 0.6 is 0 Å². The standard InChI is InChI=1S/C29H28N2O9S2/c1-37-25-13-9-21(10-14-25)19-41(33,34)39-27-7-3-5-23(17-27)30-29(32)31-24-6-4-8-28(18-24)40-42(35,36)20-22-11-15-26(38-2)16-12-22/h3-18H,19-20H2,1-2H3,(H2,30,31,32). The molecular weight excluding hydrogens is 584 g/mol. The van der Waals surface area contributed by atoms with E-state index in [1.54, 1.807) is 60.7 Å². The average Bonchev–Trinajstić information content (AvgIpc) is 2.93. The van der Waals surface area contributed by atoms with Crippen LogP contribution in [0.25, 0.3) is 0 Å². The Hall–Kier alpha value is -4.75. The quantitative estimate of drug-likeness (QED) is 0.207. The summed E-state index contributed by atoms with van der Waals surface area (Å²) in [6.07, 6.45) is 0. The van der Waals surface area contributed by atoms with Crippen molar-refractivity contribution in [3.8, 4) is 23.0 Å². The zero-order chi connectivity index (χ0) is 30.2. The summed E-state index contributed by atoms with van der Waals surface area (Å²) in [5, 5.41) is 5.16. The molecular formula is C29H28N2O9S2. The maximum Gasteiger partial charge on any atom is 0.323 e. The molecule has 220 valence electrons. The molecule has 42 heavy (non-hydrogen) atoms. The molecule has 0 saturated carbocycles. The van der Waals surface area contributed by atoms with Crippen LogP contribution in [0.5, 0.6) is 23.0 Å². The van der Waals surface area contributed by atoms with Crippen molar-refractivity contribution in [3.63, 3.8) is 0 Å². The largest absolute Gasteiger partial charge is 0.497 e. The molecule has 0 aromatic heterocycles. The topological polar surface area (TPSA) is 146 Å². The van der Waals surface area contributed by atoms with Crippen LogP contribution in [0.15, 0.2) is 97.1 Å². The predicted octanol–water partition coefficient (Wildman–Crippen LogP) is 5.17. The third-order valence-corrected chi connectivity index (χ3v) is 7.90. The molecule has 0 aliphatic carbocycles. The Labute approximate surface area is 244 Å². The van der Waals surface area contributed by atoms with Crippen LogP contribution in [-0.2, 0) is 31.7 Å². The van der Waals surface area contributed by atoms with Gasteiger partial charge in [0.2, 0.25) is 0 Å². The number of urea groups is 1. The molecule has 4 rings (SSSR count). The van der Waals surface area contributed by atoms with Crippen LogP contribution in [0.1, 0.15) is 11.1 Å². The van der Waals surface area contributed by atoms with Gasteiger partial charge >= 0.3 is 26.3 Å². The van der Waals surface area contributed by atoms with Gasteiger partial charge in [-0.3, -0.25) is 0 Å². The first-order valence-corrected chi connectivity index (χ1v) is 15.6. The maximum absolute atomic E-state index is 12.6. The Balaban J connectivity index is 1.34. The van der Waals surface area contributed by atoms with Gasteiger partial charge in [0.05, 0.1) is 14.2 Å². The summed E-state index contributed by atoms with van der Waals surface area (Å²) >= 11 is 0. The van der Waals surface area contributed by atoms with Crippen molar-refractivity contribution in [3.05, 3.63) is 108 Å². The molecule has 2 N–H and O–H groups in total. The number of hydrogen-bond acceptors (Lipinski definition) is 9. The van der Waals surface area contributed by atoms with E-state index >= 15 is 0 Å². The van der Waals surface area contributed by atoms with Crippen molar-refractivity contribution >= 4 is 37.6 Å². The molecule has 4 aromatic carbocycles. The predicted molar refractivity (Wildman–Crippen MR) is 158 cm³/mol. The molecule has 0 spiro atoms. The summed E-state index contributed by atoms with van der Waals surface area (Å²) < 4.78 is 70.7. The van der Waals surface area contributed by atoms with E-state index in [4.69, 9.17) is 17.8 Å². The van der Waals surface area contributed by atoms with E-state index in [1.165, 1.54) is 50.6 Å². The second-order valence-corrected chi connectivity index (χ2v) is 12.0. The number of carbonyl (C=O) groups excluding carboxylic acids is 1. The van der Waals surface area contributed by atoms with Gasteiger partial charge in [-0.25, -0.2) is 4.79 Å². The van der Waals surface area contributed by atoms with Crippen molar-refractivity contribution in [2.45, 2.75) is 11.5 Å². The van der Waals surface area contributed by atoms with Gasteiger partial charge < -0.3 is 28.5 Å². The Bertz CT molecular complexity index is 1610. The minimum absolute atomic E-state index is 0.0128. The highest BCUT2D eigenvalue weighted by Gasteiger charge is 2.17. The molecule has 11 nitrogen and oxygen atoms in total. The number of anilines is 2. The Morgan fingerprint density at radius 1 is 0.571 bits per heavy atom. The second-order valence-electron chi connectivity index (χ2n) is 8.90. The fraction of sp³-hybridized carbons (Fsp3) is 0.138. The molecule has 0 aliphatic heterocycles. The Kier molecular flexibility index (Phi) is 9.55. The van der Waals surface area contributed by atoms with E-state index in [1.807, 2.05) is 0 Å². The molecule has 0 fully saturated rings. The highest BCUT2D eigenvalue weighted by atomic mass is 32.2. The van der Waals surface area contributed by atoms with Gasteiger partial charge in [-0.05, 0) is 59.7 Å². The fourth-order valence-corrected chi connectivity index (χ4v) is 5.86. The Morgan fingerprint density at radius 3 is 1.31 bits per heavy atom. The molecule has 0 heterocycles. The van der Waals surface area contributed by atoms with Gasteiger partial charge in [0.15, 0.2) is 0 Å². The number of carbonyl (C=O) groups is 1. The average molecular weight is 613 g/mol. The zero-order valence-corrected chi connectivity index (χ0v) is 24.3. The summed E-state index contributed by atoms with van der Waals surface area (Å²) in [4.78, 5) is 12.6. The van der Waals surface area contributed by atoms with E-state index in [0.717, 1.165) is 0 Å². The fourth-order valence-electron chi connectivity index (χ4n) is 3.75. The number of methoxy groups -OCH3 is 2. The van der Waals surface area contributed by atoms with Crippen molar-refractivity contribution in [2.24, 2.45) is 0 Å². The summed E-state index contributed by atoms with van der Waals surface area (Å²) in [6, 6.07) is 24.2. The van der Waals surface area contributed by atoms with E-state index in [9.17, 15) is 21.6 Å². The van der Waals surface area contributed by atoms with E-state index in [-0.39, 0.29) is 34.4 Å². The van der Waals surface area contributed by atoms with Gasteiger partial charge in [-0.1, -0.05) is 36.4 Å². The summed E-state index contributed by atoms with van der Waals surface area (Å²) in [5.41, 5.74) is 1.56. The number of benzene rings is 4. The van der Waals surface area contributed by atoms with E-state index < -0.39 is 26.3 Å². The minimum atomic E-state index is -3.98. The SMILES string of the molecule is COc1ccc(CS(=O)(=O)Oc2cccc(NC(=O)Nc3cccc(OS(=O)(=O)Cc4ccc(OC)cc4)c3)c2)cc1. The van der Waals surface area contributed by atoms with Crippen LogP contribution in [0.3, 0.4) is 0 Å². The lowest BCUT2D eigenvalue weighted by Gasteiger charge is -2.12. The first-order valence-electron chi connectivity index (χ1n) is 12.4. The lowest BCUT2D eigenvalue weighted by atomic mass is 10.2. The molecule has 0 aliphatic rings. The van der Waals surface area contributed by atoms with Gasteiger partial charge in [0.25, 0.3) is 0 Å². The van der Waals surface area contributed by atoms with Gasteiger partial charge in [-0.15, -0.1) is 0 Å². The van der Waals surface area contributed by atoms with Crippen LogP contribution in [0.4, 0.5) is 16.2 Å². The third-order valence-electron chi connectivity index (χ3n) is 5.64. The van der Waals surface area contributed by atoms with Crippen molar-refractivity contribution in [2.75, 3.05) is 24.9 Å². The summed E-state index contributed by atoms with van der Waals surface area (Å²) in [7, 11) is -4.93. The van der Waals surface area contributed by atoms with Crippen LogP contribution in [-0.4, -0.2) is 37.1 Å². The zero-order valence-electron chi connectivity index (χ0n) is 22.6. The van der Waals surface area contributed by atoms with Crippen molar-refractivity contribution in [1.29, 1.82) is 0 Å². The highest BCUT2D eigenvalue weighted by Crippen LogP contribution is 2.24. The van der Waals surface area contributed by atoms with Crippen LogP contribution in [0.2, 0.25) is 0 Å². The maximum atomic E-state index is 12.6. The van der Waals surface area contributed by atoms with E-state index in [0.29, 0.717) is 22.6 Å². The summed E-state index contributed by atoms with van der Waals surface area (Å²) in [5.74, 6) is 0.510. The molecule has 0 radical (unpaired) electrons. The second kappa shape index (κ2) is 13.3. The highest BCUT2D eigenvalue weighted by molar-refractivity contribution is 7.86. The number of rotatable bonds is 12.